The number of hydrogen-bond donors (Lipinski definition) is 1. The van der Waals surface area contributed by atoms with Gasteiger partial charge in [-0.05, 0) is 19.9 Å². The molecule has 1 unspecified atom stereocenters. The SMILES string of the molecule is COCCCNCC(C)OC(C(F)(F)F)C(F)(F)F. The molecule has 0 rings (SSSR count). The number of nitrogens with one attached hydrogen (secondary N) is 1. The molecule has 9 heteroatoms. The highest BCUT2D eigenvalue weighted by molar-refractivity contribution is 4.77. The van der Waals surface area contributed by atoms with Gasteiger partial charge in [-0.15, -0.1) is 0 Å². The summed E-state index contributed by atoms with van der Waals surface area (Å²) < 4.78 is 81.9. The molecule has 0 saturated heterocycles. The Morgan fingerprint density at radius 2 is 1.58 bits per heavy atom. The van der Waals surface area contributed by atoms with Crippen molar-refractivity contribution in [2.75, 3.05) is 26.8 Å². The molecule has 1 N–H and O–H groups in total. The zero-order valence-electron chi connectivity index (χ0n) is 10.6. The van der Waals surface area contributed by atoms with Gasteiger partial charge in [0.2, 0.25) is 6.10 Å². The summed E-state index contributed by atoms with van der Waals surface area (Å²) in [5.41, 5.74) is 0. The molecule has 0 bridgehead atoms. The second-order valence-corrected chi connectivity index (χ2v) is 3.96. The van der Waals surface area contributed by atoms with Crippen molar-refractivity contribution in [2.45, 2.75) is 37.9 Å². The molecule has 116 valence electrons. The molecule has 0 saturated carbocycles. The molecule has 0 heterocycles. The highest BCUT2D eigenvalue weighted by Gasteiger charge is 2.58. The molecular formula is C10H17F6NO2. The van der Waals surface area contributed by atoms with E-state index < -0.39 is 24.6 Å². The summed E-state index contributed by atoms with van der Waals surface area (Å²) in [6.45, 7) is 1.92. The van der Waals surface area contributed by atoms with Crippen LogP contribution in [0, 0.1) is 0 Å². The maximum absolute atomic E-state index is 12.2. The van der Waals surface area contributed by atoms with Crippen molar-refractivity contribution >= 4 is 0 Å². The highest BCUT2D eigenvalue weighted by atomic mass is 19.4. The molecular weight excluding hydrogens is 280 g/mol. The van der Waals surface area contributed by atoms with E-state index in [0.717, 1.165) is 6.92 Å². The van der Waals surface area contributed by atoms with E-state index in [0.29, 0.717) is 19.6 Å². The third-order valence-corrected chi connectivity index (χ3v) is 2.10. The molecule has 19 heavy (non-hydrogen) atoms. The summed E-state index contributed by atoms with van der Waals surface area (Å²) in [5.74, 6) is 0. The number of rotatable bonds is 8. The maximum Gasteiger partial charge on any atom is 0.423 e. The Balaban J connectivity index is 4.15. The Kier molecular flexibility index (Phi) is 7.68. The van der Waals surface area contributed by atoms with E-state index in [1.807, 2.05) is 0 Å². The first-order chi connectivity index (χ1) is 8.59. The van der Waals surface area contributed by atoms with Crippen LogP contribution in [-0.4, -0.2) is 51.4 Å². The first-order valence-electron chi connectivity index (χ1n) is 5.57. The van der Waals surface area contributed by atoms with Crippen molar-refractivity contribution in [3.05, 3.63) is 0 Å². The third-order valence-electron chi connectivity index (χ3n) is 2.10. The highest BCUT2D eigenvalue weighted by Crippen LogP contribution is 2.36. The third kappa shape index (κ3) is 8.27. The molecule has 1 atom stereocenters. The Bertz CT molecular complexity index is 229. The quantitative estimate of drug-likeness (QED) is 0.551. The van der Waals surface area contributed by atoms with Crippen molar-refractivity contribution < 1.29 is 35.8 Å². The fraction of sp³-hybridized carbons (Fsp3) is 1.00. The lowest BCUT2D eigenvalue weighted by molar-refractivity contribution is -0.329. The van der Waals surface area contributed by atoms with Gasteiger partial charge in [0, 0.05) is 20.3 Å². The molecule has 0 aliphatic carbocycles. The maximum atomic E-state index is 12.2. The molecule has 0 aliphatic rings. The molecule has 0 aromatic rings. The van der Waals surface area contributed by atoms with Crippen molar-refractivity contribution in [3.63, 3.8) is 0 Å². The predicted molar refractivity (Wildman–Crippen MR) is 55.8 cm³/mol. The summed E-state index contributed by atoms with van der Waals surface area (Å²) in [5, 5.41) is 2.69. The fourth-order valence-corrected chi connectivity index (χ4v) is 1.27. The molecule has 0 fully saturated rings. The topological polar surface area (TPSA) is 30.5 Å². The van der Waals surface area contributed by atoms with Gasteiger partial charge in [0.25, 0.3) is 0 Å². The predicted octanol–water partition coefficient (Wildman–Crippen LogP) is 2.51. The van der Waals surface area contributed by atoms with Crippen LogP contribution in [0.5, 0.6) is 0 Å². The van der Waals surface area contributed by atoms with Crippen LogP contribution in [0.1, 0.15) is 13.3 Å². The number of methoxy groups -OCH3 is 1. The molecule has 3 nitrogen and oxygen atoms in total. The van der Waals surface area contributed by atoms with Crippen molar-refractivity contribution in [2.24, 2.45) is 0 Å². The van der Waals surface area contributed by atoms with E-state index >= 15 is 0 Å². The molecule has 0 radical (unpaired) electrons. The minimum atomic E-state index is -5.47. The largest absolute Gasteiger partial charge is 0.423 e. The van der Waals surface area contributed by atoms with Gasteiger partial charge < -0.3 is 14.8 Å². The van der Waals surface area contributed by atoms with Crippen LogP contribution in [0.3, 0.4) is 0 Å². The second-order valence-electron chi connectivity index (χ2n) is 3.96. The standard InChI is InChI=1S/C10H17F6NO2/c1-7(6-17-4-3-5-18-2)19-8(9(11,12)13)10(14,15)16/h7-8,17H,3-6H2,1-2H3. The van der Waals surface area contributed by atoms with E-state index in [2.05, 4.69) is 10.1 Å². The number of halogens is 6. The van der Waals surface area contributed by atoms with Crippen LogP contribution in [0.15, 0.2) is 0 Å². The zero-order chi connectivity index (χ0) is 15.1. The lowest BCUT2D eigenvalue weighted by Crippen LogP contribution is -2.47. The molecule has 0 amide bonds. The van der Waals surface area contributed by atoms with E-state index in [4.69, 9.17) is 4.74 Å². The van der Waals surface area contributed by atoms with Gasteiger partial charge >= 0.3 is 12.4 Å². The first kappa shape index (κ1) is 18.5. The van der Waals surface area contributed by atoms with Crippen LogP contribution in [-0.2, 0) is 9.47 Å². The average Bonchev–Trinajstić information content (AvgIpc) is 2.22. The van der Waals surface area contributed by atoms with E-state index in [1.165, 1.54) is 7.11 Å². The summed E-state index contributed by atoms with van der Waals surface area (Å²) in [6, 6.07) is 0. The number of hydrogen-bond acceptors (Lipinski definition) is 3. The van der Waals surface area contributed by atoms with Gasteiger partial charge in [0.1, 0.15) is 0 Å². The van der Waals surface area contributed by atoms with Gasteiger partial charge in [0.05, 0.1) is 6.10 Å². The number of ether oxygens (including phenoxy) is 2. The Morgan fingerprint density at radius 1 is 1.05 bits per heavy atom. The Morgan fingerprint density at radius 3 is 2.00 bits per heavy atom. The molecule has 0 aliphatic heterocycles. The van der Waals surface area contributed by atoms with Crippen LogP contribution in [0.2, 0.25) is 0 Å². The normalized spacial score (nSPS) is 15.0. The van der Waals surface area contributed by atoms with Crippen LogP contribution >= 0.6 is 0 Å². The van der Waals surface area contributed by atoms with Crippen molar-refractivity contribution in [1.82, 2.24) is 5.32 Å². The van der Waals surface area contributed by atoms with Crippen molar-refractivity contribution in [3.8, 4) is 0 Å². The monoisotopic (exact) mass is 297 g/mol. The first-order valence-corrected chi connectivity index (χ1v) is 5.57. The van der Waals surface area contributed by atoms with E-state index in [9.17, 15) is 26.3 Å². The van der Waals surface area contributed by atoms with Crippen molar-refractivity contribution in [1.29, 1.82) is 0 Å². The van der Waals surface area contributed by atoms with Crippen LogP contribution in [0.25, 0.3) is 0 Å². The summed E-state index contributed by atoms with van der Waals surface area (Å²) in [4.78, 5) is 0. The Hall–Kier alpha value is -0.540. The van der Waals surface area contributed by atoms with E-state index in [-0.39, 0.29) is 6.54 Å². The summed E-state index contributed by atoms with van der Waals surface area (Å²) in [6.07, 6.45) is -15.3. The number of alkyl halides is 6. The molecule has 0 aromatic heterocycles. The van der Waals surface area contributed by atoms with Gasteiger partial charge in [-0.25, -0.2) is 0 Å². The smallest absolute Gasteiger partial charge is 0.385 e. The zero-order valence-corrected chi connectivity index (χ0v) is 10.6. The minimum Gasteiger partial charge on any atom is -0.385 e. The minimum absolute atomic E-state index is 0.105. The van der Waals surface area contributed by atoms with Gasteiger partial charge in [0.15, 0.2) is 0 Å². The molecule has 0 aromatic carbocycles. The van der Waals surface area contributed by atoms with Gasteiger partial charge in [-0.3, -0.25) is 0 Å². The fourth-order valence-electron chi connectivity index (χ4n) is 1.27. The van der Waals surface area contributed by atoms with Crippen LogP contribution in [0.4, 0.5) is 26.3 Å². The van der Waals surface area contributed by atoms with Gasteiger partial charge in [-0.2, -0.15) is 26.3 Å². The summed E-state index contributed by atoms with van der Waals surface area (Å²) >= 11 is 0. The lowest BCUT2D eigenvalue weighted by Gasteiger charge is -2.26. The van der Waals surface area contributed by atoms with Gasteiger partial charge in [-0.1, -0.05) is 0 Å². The summed E-state index contributed by atoms with van der Waals surface area (Å²) in [7, 11) is 1.49. The lowest BCUT2D eigenvalue weighted by atomic mass is 10.3. The average molecular weight is 297 g/mol. The second kappa shape index (κ2) is 7.91. The molecule has 0 spiro atoms. The Labute approximate surface area is 107 Å². The van der Waals surface area contributed by atoms with Crippen LogP contribution < -0.4 is 5.32 Å². The van der Waals surface area contributed by atoms with E-state index in [1.54, 1.807) is 0 Å².